The van der Waals surface area contributed by atoms with Gasteiger partial charge >= 0.3 is 0 Å². The maximum Gasteiger partial charge on any atom is 0.119 e. The van der Waals surface area contributed by atoms with Gasteiger partial charge in [-0.3, -0.25) is 4.98 Å². The van der Waals surface area contributed by atoms with E-state index in [1.165, 1.54) is 73.6 Å². The lowest BCUT2D eigenvalue weighted by Crippen LogP contribution is -1.98. The minimum absolute atomic E-state index is 0.825. The Hall–Kier alpha value is -2.61. The molecule has 0 amide bonds. The first-order chi connectivity index (χ1) is 16.8. The molecule has 1 heterocycles. The number of ether oxygens (including phenoxy) is 1. The monoisotopic (exact) mass is 457 g/mol. The average molecular weight is 458 g/mol. The van der Waals surface area contributed by atoms with Gasteiger partial charge in [0, 0.05) is 11.8 Å². The molecule has 0 unspecified atom stereocenters. The zero-order chi connectivity index (χ0) is 23.8. The van der Waals surface area contributed by atoms with E-state index < -0.39 is 0 Å². The molecular weight excluding hydrogens is 414 g/mol. The molecule has 0 N–H and O–H groups in total. The molecule has 1 aromatic heterocycles. The highest BCUT2D eigenvalue weighted by atomic mass is 16.5. The lowest BCUT2D eigenvalue weighted by atomic mass is 10.0. The van der Waals surface area contributed by atoms with E-state index in [0.717, 1.165) is 43.7 Å². The summed E-state index contributed by atoms with van der Waals surface area (Å²) in [7, 11) is 0. The number of hydrogen-bond donors (Lipinski definition) is 0. The van der Waals surface area contributed by atoms with Crippen molar-refractivity contribution < 1.29 is 4.74 Å². The Balaban J connectivity index is 1.40. The first kappa shape index (κ1) is 26.0. The van der Waals surface area contributed by atoms with Gasteiger partial charge in [0.2, 0.25) is 0 Å². The van der Waals surface area contributed by atoms with E-state index in [-0.39, 0.29) is 0 Å². The van der Waals surface area contributed by atoms with Crippen LogP contribution in [0.5, 0.6) is 5.75 Å². The van der Waals surface area contributed by atoms with E-state index in [2.05, 4.69) is 80.7 Å². The number of aromatic nitrogens is 1. The summed E-state index contributed by atoms with van der Waals surface area (Å²) in [5, 5.41) is 0. The standard InChI is InChI=1S/C32H43NO/c1-3-5-7-9-11-25-34-31-22-17-28(18-23-31)14-13-27-15-20-30(21-16-27)32-24-19-29(26-33-32)12-10-8-6-4-2/h15-24,26H,3-14,25H2,1-2H3. The fourth-order valence-electron chi connectivity index (χ4n) is 4.28. The van der Waals surface area contributed by atoms with Crippen LogP contribution in [0.25, 0.3) is 11.3 Å². The lowest BCUT2D eigenvalue weighted by molar-refractivity contribution is 0.304. The van der Waals surface area contributed by atoms with Gasteiger partial charge in [-0.05, 0) is 67.0 Å². The molecule has 3 aromatic rings. The predicted molar refractivity (Wildman–Crippen MR) is 146 cm³/mol. The van der Waals surface area contributed by atoms with E-state index in [9.17, 15) is 0 Å². The van der Waals surface area contributed by atoms with Crippen molar-refractivity contribution in [3.05, 3.63) is 83.6 Å². The topological polar surface area (TPSA) is 22.1 Å². The van der Waals surface area contributed by atoms with Crippen molar-refractivity contribution in [3.8, 4) is 17.0 Å². The zero-order valence-corrected chi connectivity index (χ0v) is 21.4. The lowest BCUT2D eigenvalue weighted by Gasteiger charge is -2.08. The van der Waals surface area contributed by atoms with E-state index in [4.69, 9.17) is 9.72 Å². The van der Waals surface area contributed by atoms with Crippen molar-refractivity contribution in [1.29, 1.82) is 0 Å². The van der Waals surface area contributed by atoms with E-state index in [1.807, 2.05) is 0 Å². The third kappa shape index (κ3) is 9.33. The molecular formula is C32H43NO. The van der Waals surface area contributed by atoms with Gasteiger partial charge in [-0.2, -0.15) is 0 Å². The number of hydrogen-bond acceptors (Lipinski definition) is 2. The molecule has 0 spiro atoms. The Morgan fingerprint density at radius 1 is 0.559 bits per heavy atom. The van der Waals surface area contributed by atoms with Crippen molar-refractivity contribution in [2.45, 2.75) is 90.9 Å². The Kier molecular flexibility index (Phi) is 11.7. The molecule has 0 aliphatic carbocycles. The molecule has 0 saturated heterocycles. The SMILES string of the molecule is CCCCCCCOc1ccc(CCc2ccc(-c3ccc(CCCCCC)cn3)cc2)cc1. The van der Waals surface area contributed by atoms with Gasteiger partial charge in [-0.25, -0.2) is 0 Å². The third-order valence-corrected chi connectivity index (χ3v) is 6.54. The molecule has 0 aliphatic rings. The maximum atomic E-state index is 5.89. The molecule has 2 nitrogen and oxygen atoms in total. The summed E-state index contributed by atoms with van der Waals surface area (Å²) in [6.45, 7) is 5.33. The first-order valence-corrected chi connectivity index (χ1v) is 13.5. The second-order valence-corrected chi connectivity index (χ2v) is 9.47. The normalized spacial score (nSPS) is 11.0. The number of unbranched alkanes of at least 4 members (excludes halogenated alkanes) is 7. The molecule has 0 radical (unpaired) electrons. The molecule has 3 rings (SSSR count). The molecule has 0 saturated carbocycles. The van der Waals surface area contributed by atoms with Gasteiger partial charge in [0.05, 0.1) is 12.3 Å². The average Bonchev–Trinajstić information content (AvgIpc) is 2.89. The fraction of sp³-hybridized carbons (Fsp3) is 0.469. The smallest absolute Gasteiger partial charge is 0.119 e. The van der Waals surface area contributed by atoms with Gasteiger partial charge < -0.3 is 4.74 Å². The van der Waals surface area contributed by atoms with Crippen molar-refractivity contribution in [2.75, 3.05) is 6.61 Å². The summed E-state index contributed by atoms with van der Waals surface area (Å²) < 4.78 is 5.89. The van der Waals surface area contributed by atoms with E-state index in [0.29, 0.717) is 0 Å². The van der Waals surface area contributed by atoms with Crippen molar-refractivity contribution >= 4 is 0 Å². The number of rotatable bonds is 16. The van der Waals surface area contributed by atoms with Gasteiger partial charge in [0.1, 0.15) is 5.75 Å². The number of pyridine rings is 1. The summed E-state index contributed by atoms with van der Waals surface area (Å²) in [5.74, 6) is 0.989. The van der Waals surface area contributed by atoms with Crippen LogP contribution in [0.3, 0.4) is 0 Å². The van der Waals surface area contributed by atoms with Crippen LogP contribution in [0, 0.1) is 0 Å². The third-order valence-electron chi connectivity index (χ3n) is 6.54. The summed E-state index contributed by atoms with van der Waals surface area (Å²) in [4.78, 5) is 4.71. The second-order valence-electron chi connectivity index (χ2n) is 9.47. The largest absolute Gasteiger partial charge is 0.494 e. The summed E-state index contributed by atoms with van der Waals surface area (Å²) in [6, 6.07) is 21.9. The minimum atomic E-state index is 0.825. The van der Waals surface area contributed by atoms with Gasteiger partial charge in [-0.15, -0.1) is 0 Å². The zero-order valence-electron chi connectivity index (χ0n) is 21.4. The van der Waals surface area contributed by atoms with Crippen LogP contribution in [-0.2, 0) is 19.3 Å². The Bertz CT molecular complexity index is 913. The second kappa shape index (κ2) is 15.3. The molecule has 182 valence electrons. The fourth-order valence-corrected chi connectivity index (χ4v) is 4.28. The Morgan fingerprint density at radius 2 is 1.15 bits per heavy atom. The predicted octanol–water partition coefficient (Wildman–Crippen LogP) is 9.01. The Labute approximate surface area is 207 Å². The summed E-state index contributed by atoms with van der Waals surface area (Å²) in [6.07, 6.45) is 16.8. The van der Waals surface area contributed by atoms with Crippen LogP contribution < -0.4 is 4.74 Å². The van der Waals surface area contributed by atoms with Crippen LogP contribution in [0.2, 0.25) is 0 Å². The Morgan fingerprint density at radius 3 is 1.76 bits per heavy atom. The maximum absolute atomic E-state index is 5.89. The molecule has 0 bridgehead atoms. The minimum Gasteiger partial charge on any atom is -0.494 e. The van der Waals surface area contributed by atoms with Crippen LogP contribution in [0.4, 0.5) is 0 Å². The summed E-state index contributed by atoms with van der Waals surface area (Å²) in [5.41, 5.74) is 6.32. The number of benzene rings is 2. The van der Waals surface area contributed by atoms with Crippen molar-refractivity contribution in [1.82, 2.24) is 4.98 Å². The molecule has 2 heteroatoms. The molecule has 34 heavy (non-hydrogen) atoms. The molecule has 0 aliphatic heterocycles. The van der Waals surface area contributed by atoms with E-state index in [1.54, 1.807) is 0 Å². The van der Waals surface area contributed by atoms with Crippen molar-refractivity contribution in [3.63, 3.8) is 0 Å². The van der Waals surface area contributed by atoms with Gasteiger partial charge in [-0.1, -0.05) is 101 Å². The highest BCUT2D eigenvalue weighted by Crippen LogP contribution is 2.20. The number of nitrogens with zero attached hydrogens (tertiary/aromatic N) is 1. The molecule has 2 aromatic carbocycles. The van der Waals surface area contributed by atoms with Gasteiger partial charge in [0.15, 0.2) is 0 Å². The highest BCUT2D eigenvalue weighted by molar-refractivity contribution is 5.59. The van der Waals surface area contributed by atoms with Gasteiger partial charge in [0.25, 0.3) is 0 Å². The highest BCUT2D eigenvalue weighted by Gasteiger charge is 2.03. The number of aryl methyl sites for hydroxylation is 3. The van der Waals surface area contributed by atoms with E-state index >= 15 is 0 Å². The first-order valence-electron chi connectivity index (χ1n) is 13.5. The van der Waals surface area contributed by atoms with Crippen LogP contribution in [0.15, 0.2) is 66.9 Å². The quantitative estimate of drug-likeness (QED) is 0.200. The molecule has 0 atom stereocenters. The van der Waals surface area contributed by atoms with Crippen LogP contribution >= 0.6 is 0 Å². The van der Waals surface area contributed by atoms with Crippen LogP contribution in [-0.4, -0.2) is 11.6 Å². The van der Waals surface area contributed by atoms with Crippen LogP contribution in [0.1, 0.15) is 88.3 Å². The summed E-state index contributed by atoms with van der Waals surface area (Å²) >= 11 is 0. The molecule has 0 fully saturated rings. The van der Waals surface area contributed by atoms with Crippen molar-refractivity contribution in [2.24, 2.45) is 0 Å².